The summed E-state index contributed by atoms with van der Waals surface area (Å²) in [6.45, 7) is 1.70. The van der Waals surface area contributed by atoms with Gasteiger partial charge < -0.3 is 15.2 Å². The summed E-state index contributed by atoms with van der Waals surface area (Å²) in [5, 5.41) is 19.2. The van der Waals surface area contributed by atoms with E-state index in [0.29, 0.717) is 43.1 Å². The first-order chi connectivity index (χ1) is 16.5. The smallest absolute Gasteiger partial charge is 0.227 e. The number of fused-ring (bicyclic) bond motifs is 1. The first kappa shape index (κ1) is 22.2. The average Bonchev–Trinajstić information content (AvgIpc) is 3.45. The topological polar surface area (TPSA) is 88.3 Å². The van der Waals surface area contributed by atoms with Crippen LogP contribution in [-0.2, 0) is 11.8 Å². The van der Waals surface area contributed by atoms with Crippen molar-refractivity contribution < 1.29 is 14.2 Å². The van der Waals surface area contributed by atoms with E-state index >= 15 is 4.39 Å². The molecule has 1 aromatic carbocycles. The van der Waals surface area contributed by atoms with Gasteiger partial charge in [0.1, 0.15) is 6.17 Å². The third-order valence-corrected chi connectivity index (χ3v) is 7.68. The zero-order valence-corrected chi connectivity index (χ0v) is 19.7. The van der Waals surface area contributed by atoms with Crippen LogP contribution in [0.4, 0.5) is 16.0 Å². The largest absolute Gasteiger partial charge is 0.389 e. The lowest BCUT2D eigenvalue weighted by Crippen LogP contribution is -2.50. The SMILES string of the molecule is Cn1ncc(Nc2ncc3cc(Cl)c([C@H]4CCN([C@@H]5COC[C@@H]5O)C[C@@H]4F)cc3n2)c1C1CC1. The van der Waals surface area contributed by atoms with Gasteiger partial charge in [0.05, 0.1) is 48.5 Å². The van der Waals surface area contributed by atoms with Gasteiger partial charge in [0.15, 0.2) is 0 Å². The predicted octanol–water partition coefficient (Wildman–Crippen LogP) is 3.52. The van der Waals surface area contributed by atoms with E-state index in [0.717, 1.165) is 22.2 Å². The van der Waals surface area contributed by atoms with E-state index in [-0.39, 0.29) is 18.5 Å². The number of halogens is 2. The van der Waals surface area contributed by atoms with Crippen molar-refractivity contribution in [1.29, 1.82) is 0 Å². The van der Waals surface area contributed by atoms with Gasteiger partial charge >= 0.3 is 0 Å². The maximum atomic E-state index is 15.4. The van der Waals surface area contributed by atoms with Gasteiger partial charge in [-0.15, -0.1) is 0 Å². The van der Waals surface area contributed by atoms with Crippen LogP contribution in [0.15, 0.2) is 24.5 Å². The summed E-state index contributed by atoms with van der Waals surface area (Å²) >= 11 is 6.60. The Labute approximate surface area is 202 Å². The molecule has 10 heteroatoms. The van der Waals surface area contributed by atoms with Crippen LogP contribution in [0, 0.1) is 0 Å². The predicted molar refractivity (Wildman–Crippen MR) is 127 cm³/mol. The van der Waals surface area contributed by atoms with Gasteiger partial charge in [-0.25, -0.2) is 14.4 Å². The molecule has 3 aliphatic rings. The van der Waals surface area contributed by atoms with Gasteiger partial charge in [-0.05, 0) is 43.5 Å². The molecular formula is C24H28ClFN6O2. The van der Waals surface area contributed by atoms with Gasteiger partial charge in [-0.3, -0.25) is 9.58 Å². The van der Waals surface area contributed by atoms with Crippen molar-refractivity contribution in [1.82, 2.24) is 24.6 Å². The minimum atomic E-state index is -1.09. The highest BCUT2D eigenvalue weighted by molar-refractivity contribution is 6.32. The number of aliphatic hydroxyl groups excluding tert-OH is 1. The molecule has 0 radical (unpaired) electrons. The number of aryl methyl sites for hydroxylation is 1. The minimum Gasteiger partial charge on any atom is -0.389 e. The number of nitrogens with zero attached hydrogens (tertiary/aromatic N) is 5. The Morgan fingerprint density at radius 3 is 2.79 bits per heavy atom. The average molecular weight is 487 g/mol. The second kappa shape index (κ2) is 8.71. The lowest BCUT2D eigenvalue weighted by molar-refractivity contribution is 0.0353. The molecular weight excluding hydrogens is 459 g/mol. The van der Waals surface area contributed by atoms with Crippen molar-refractivity contribution in [2.45, 2.75) is 49.4 Å². The van der Waals surface area contributed by atoms with E-state index < -0.39 is 12.3 Å². The van der Waals surface area contributed by atoms with Crippen LogP contribution in [-0.4, -0.2) is 74.4 Å². The van der Waals surface area contributed by atoms with Crippen LogP contribution in [0.1, 0.15) is 42.4 Å². The Balaban J connectivity index is 1.24. The molecule has 1 aliphatic carbocycles. The van der Waals surface area contributed by atoms with Crippen molar-refractivity contribution >= 4 is 34.1 Å². The van der Waals surface area contributed by atoms with Crippen LogP contribution in [0.2, 0.25) is 5.02 Å². The van der Waals surface area contributed by atoms with E-state index in [9.17, 15) is 5.11 Å². The molecule has 4 atom stereocenters. The van der Waals surface area contributed by atoms with Crippen LogP contribution >= 0.6 is 11.6 Å². The summed E-state index contributed by atoms with van der Waals surface area (Å²) in [4.78, 5) is 11.2. The number of nitrogens with one attached hydrogen (secondary N) is 1. The standard InChI is InChI=1S/C24H28ClFN6O2/c1-31-23(13-2-3-13)20(9-28-31)30-24-27-8-14-6-17(25)16(7-19(14)29-24)15-4-5-32(10-18(15)26)21-11-34-12-22(21)33/h6-9,13,15,18,21-22,33H,2-5,10-12H2,1H3,(H,27,29,30)/t15-,18+,21-,22+/m1/s1. The number of anilines is 2. The van der Waals surface area contributed by atoms with E-state index in [1.54, 1.807) is 6.20 Å². The molecule has 8 nitrogen and oxygen atoms in total. The number of rotatable bonds is 5. The van der Waals surface area contributed by atoms with Crippen molar-refractivity contribution in [3.05, 3.63) is 40.8 Å². The molecule has 2 aliphatic heterocycles. The van der Waals surface area contributed by atoms with Gasteiger partial charge in [0.25, 0.3) is 0 Å². The number of aliphatic hydroxyl groups is 1. The molecule has 0 bridgehead atoms. The number of hydrogen-bond donors (Lipinski definition) is 2. The fourth-order valence-corrected chi connectivity index (χ4v) is 5.69. The molecule has 4 heterocycles. The van der Waals surface area contributed by atoms with Crippen LogP contribution in [0.5, 0.6) is 0 Å². The molecule has 2 N–H and O–H groups in total. The molecule has 0 spiro atoms. The molecule has 0 amide bonds. The Hall–Kier alpha value is -2.33. The fraction of sp³-hybridized carbons (Fsp3) is 0.542. The fourth-order valence-electron chi connectivity index (χ4n) is 5.38. The maximum absolute atomic E-state index is 15.4. The normalized spacial score (nSPS) is 28.0. The van der Waals surface area contributed by atoms with Gasteiger partial charge in [0, 0.05) is 42.0 Å². The Kier molecular flexibility index (Phi) is 5.68. The highest BCUT2D eigenvalue weighted by Gasteiger charge is 2.39. The summed E-state index contributed by atoms with van der Waals surface area (Å²) in [6, 6.07) is 3.58. The number of benzene rings is 1. The molecule has 1 saturated carbocycles. The summed E-state index contributed by atoms with van der Waals surface area (Å²) in [7, 11) is 1.95. The molecule has 3 aromatic rings. The second-order valence-corrected chi connectivity index (χ2v) is 10.1. The van der Waals surface area contributed by atoms with Crippen molar-refractivity contribution in [3.8, 4) is 0 Å². The number of piperidine rings is 1. The second-order valence-electron chi connectivity index (χ2n) is 9.67. The molecule has 180 valence electrons. The van der Waals surface area contributed by atoms with Crippen LogP contribution in [0.25, 0.3) is 10.9 Å². The molecule has 3 fully saturated rings. The zero-order chi connectivity index (χ0) is 23.4. The van der Waals surface area contributed by atoms with E-state index in [2.05, 4.69) is 15.4 Å². The molecule has 0 unspecified atom stereocenters. The number of likely N-dealkylation sites (tertiary alicyclic amines) is 1. The van der Waals surface area contributed by atoms with Gasteiger partial charge in [-0.2, -0.15) is 5.10 Å². The first-order valence-electron chi connectivity index (χ1n) is 11.9. The number of aromatic nitrogens is 4. The first-order valence-corrected chi connectivity index (χ1v) is 12.2. The maximum Gasteiger partial charge on any atom is 0.227 e. The molecule has 2 aromatic heterocycles. The Bertz CT molecular complexity index is 1220. The van der Waals surface area contributed by atoms with Crippen molar-refractivity contribution in [2.24, 2.45) is 7.05 Å². The van der Waals surface area contributed by atoms with Crippen LogP contribution in [0.3, 0.4) is 0 Å². The van der Waals surface area contributed by atoms with Crippen molar-refractivity contribution in [2.75, 3.05) is 31.6 Å². The lowest BCUT2D eigenvalue weighted by Gasteiger charge is -2.39. The monoisotopic (exact) mass is 486 g/mol. The quantitative estimate of drug-likeness (QED) is 0.570. The lowest BCUT2D eigenvalue weighted by atomic mass is 9.86. The highest BCUT2D eigenvalue weighted by Crippen LogP contribution is 2.43. The van der Waals surface area contributed by atoms with Gasteiger partial charge in [-0.1, -0.05) is 11.6 Å². The minimum absolute atomic E-state index is 0.138. The zero-order valence-electron chi connectivity index (χ0n) is 19.0. The third-order valence-electron chi connectivity index (χ3n) is 7.36. The Morgan fingerprint density at radius 2 is 2.06 bits per heavy atom. The highest BCUT2D eigenvalue weighted by atomic mass is 35.5. The number of ether oxygens (including phenoxy) is 1. The number of alkyl halides is 1. The Morgan fingerprint density at radius 1 is 1.21 bits per heavy atom. The summed E-state index contributed by atoms with van der Waals surface area (Å²) in [6.07, 6.45) is 4.86. The van der Waals surface area contributed by atoms with E-state index in [1.807, 2.05) is 35.0 Å². The molecule has 6 rings (SSSR count). The number of hydrogen-bond acceptors (Lipinski definition) is 7. The summed E-state index contributed by atoms with van der Waals surface area (Å²) in [5.41, 5.74) is 3.59. The van der Waals surface area contributed by atoms with Gasteiger partial charge in [0.2, 0.25) is 5.95 Å². The summed E-state index contributed by atoms with van der Waals surface area (Å²) in [5.74, 6) is 0.696. The van der Waals surface area contributed by atoms with Crippen LogP contribution < -0.4 is 5.32 Å². The third kappa shape index (κ3) is 4.04. The van der Waals surface area contributed by atoms with Crippen molar-refractivity contribution in [3.63, 3.8) is 0 Å². The van der Waals surface area contributed by atoms with E-state index in [1.165, 1.54) is 18.5 Å². The molecule has 2 saturated heterocycles. The molecule has 34 heavy (non-hydrogen) atoms. The van der Waals surface area contributed by atoms with E-state index in [4.69, 9.17) is 21.3 Å². The summed E-state index contributed by atoms with van der Waals surface area (Å²) < 4.78 is 22.6.